The summed E-state index contributed by atoms with van der Waals surface area (Å²) < 4.78 is 43.8. The Labute approximate surface area is 188 Å². The first kappa shape index (κ1) is 22.3. The molecular weight excluding hydrogens is 430 g/mol. The molecule has 1 saturated heterocycles. The molecule has 1 aromatic heterocycles. The van der Waals surface area contributed by atoms with Crippen molar-refractivity contribution < 1.29 is 22.4 Å². The zero-order chi connectivity index (χ0) is 22.9. The van der Waals surface area contributed by atoms with Crippen LogP contribution in [0.4, 0.5) is 0 Å². The summed E-state index contributed by atoms with van der Waals surface area (Å²) in [6.07, 6.45) is 1.25. The zero-order valence-electron chi connectivity index (χ0n) is 18.7. The quantitative estimate of drug-likeness (QED) is 0.553. The number of ether oxygens (including phenoxy) is 2. The zero-order valence-corrected chi connectivity index (χ0v) is 19.5. The molecule has 9 heteroatoms. The highest BCUT2D eigenvalue weighted by atomic mass is 32.2. The van der Waals surface area contributed by atoms with Crippen LogP contribution < -0.4 is 9.47 Å². The van der Waals surface area contributed by atoms with Gasteiger partial charge in [0, 0.05) is 24.6 Å². The lowest BCUT2D eigenvalue weighted by atomic mass is 9.98. The number of sulfonamides is 1. The van der Waals surface area contributed by atoms with Crippen LogP contribution in [-0.2, 0) is 10.0 Å². The standard InChI is InChI=1S/C23H27N3O5S/c1-15-5-7-19(13-16(15)2)32(27,28)26-11-9-17(10-12-26)23-24-22(25-31-23)18-6-8-20(29-3)21(14-18)30-4/h5-8,13-14,17H,9-12H2,1-4H3. The highest BCUT2D eigenvalue weighted by Crippen LogP contribution is 2.34. The topological polar surface area (TPSA) is 94.8 Å². The van der Waals surface area contributed by atoms with Gasteiger partial charge in [0.1, 0.15) is 0 Å². The fraction of sp³-hybridized carbons (Fsp3) is 0.391. The lowest BCUT2D eigenvalue weighted by molar-refractivity contribution is 0.271. The van der Waals surface area contributed by atoms with E-state index in [4.69, 9.17) is 14.0 Å². The highest BCUT2D eigenvalue weighted by molar-refractivity contribution is 7.89. The van der Waals surface area contributed by atoms with Gasteiger partial charge in [-0.15, -0.1) is 0 Å². The Balaban J connectivity index is 1.46. The van der Waals surface area contributed by atoms with Gasteiger partial charge in [-0.25, -0.2) is 8.42 Å². The third-order valence-corrected chi connectivity index (χ3v) is 7.90. The van der Waals surface area contributed by atoms with E-state index in [-0.39, 0.29) is 5.92 Å². The second-order valence-corrected chi connectivity index (χ2v) is 9.89. The molecule has 0 bridgehead atoms. The maximum absolute atomic E-state index is 13.0. The molecular formula is C23H27N3O5S. The molecule has 0 saturated carbocycles. The molecule has 1 aliphatic rings. The number of piperidine rings is 1. The van der Waals surface area contributed by atoms with Gasteiger partial charge >= 0.3 is 0 Å². The first-order valence-corrected chi connectivity index (χ1v) is 11.9. The summed E-state index contributed by atoms with van der Waals surface area (Å²) in [5, 5.41) is 4.11. The van der Waals surface area contributed by atoms with Crippen LogP contribution in [0.15, 0.2) is 45.8 Å². The summed E-state index contributed by atoms with van der Waals surface area (Å²) in [6, 6.07) is 10.7. The molecule has 2 heterocycles. The summed E-state index contributed by atoms with van der Waals surface area (Å²) in [5.74, 6) is 2.21. The molecule has 0 atom stereocenters. The molecule has 2 aromatic carbocycles. The molecule has 0 N–H and O–H groups in total. The van der Waals surface area contributed by atoms with Crippen molar-refractivity contribution in [2.24, 2.45) is 0 Å². The Morgan fingerprint density at radius 1 is 0.969 bits per heavy atom. The first-order valence-electron chi connectivity index (χ1n) is 10.5. The SMILES string of the molecule is COc1ccc(-c2noc(C3CCN(S(=O)(=O)c4ccc(C)c(C)c4)CC3)n2)cc1OC. The predicted octanol–water partition coefficient (Wildman–Crippen LogP) is 3.94. The van der Waals surface area contributed by atoms with Crippen LogP contribution in [0.2, 0.25) is 0 Å². The lowest BCUT2D eigenvalue weighted by Crippen LogP contribution is -2.38. The maximum atomic E-state index is 13.0. The number of aryl methyl sites for hydroxylation is 2. The van der Waals surface area contributed by atoms with Crippen molar-refractivity contribution in [3.63, 3.8) is 0 Å². The van der Waals surface area contributed by atoms with Gasteiger partial charge in [-0.05, 0) is 68.1 Å². The Kier molecular flexibility index (Phi) is 6.21. The van der Waals surface area contributed by atoms with E-state index in [0.717, 1.165) is 16.7 Å². The monoisotopic (exact) mass is 457 g/mol. The van der Waals surface area contributed by atoms with E-state index < -0.39 is 10.0 Å². The average molecular weight is 458 g/mol. The fourth-order valence-electron chi connectivity index (χ4n) is 3.86. The summed E-state index contributed by atoms with van der Waals surface area (Å²) in [4.78, 5) is 4.90. The van der Waals surface area contributed by atoms with Gasteiger partial charge in [0.15, 0.2) is 11.5 Å². The van der Waals surface area contributed by atoms with Crippen LogP contribution >= 0.6 is 0 Å². The number of benzene rings is 2. The van der Waals surface area contributed by atoms with Crippen molar-refractivity contribution in [2.45, 2.75) is 37.5 Å². The van der Waals surface area contributed by atoms with Crippen LogP contribution in [0, 0.1) is 13.8 Å². The molecule has 32 heavy (non-hydrogen) atoms. The average Bonchev–Trinajstić information content (AvgIpc) is 3.30. The van der Waals surface area contributed by atoms with Crippen molar-refractivity contribution in [1.82, 2.24) is 14.4 Å². The van der Waals surface area contributed by atoms with Crippen LogP contribution in [0.5, 0.6) is 11.5 Å². The van der Waals surface area contributed by atoms with Gasteiger partial charge in [-0.1, -0.05) is 11.2 Å². The Morgan fingerprint density at radius 2 is 1.69 bits per heavy atom. The van der Waals surface area contributed by atoms with Crippen LogP contribution in [0.1, 0.15) is 35.8 Å². The molecule has 1 aliphatic heterocycles. The Bertz CT molecular complexity index is 1210. The summed E-state index contributed by atoms with van der Waals surface area (Å²) in [7, 11) is -0.366. The van der Waals surface area contributed by atoms with Gasteiger partial charge in [0.2, 0.25) is 21.7 Å². The van der Waals surface area contributed by atoms with Gasteiger partial charge in [-0.3, -0.25) is 0 Å². The Hall–Kier alpha value is -2.91. The maximum Gasteiger partial charge on any atom is 0.243 e. The van der Waals surface area contributed by atoms with Crippen molar-refractivity contribution in [1.29, 1.82) is 0 Å². The second-order valence-electron chi connectivity index (χ2n) is 7.95. The van der Waals surface area contributed by atoms with Crippen molar-refractivity contribution in [2.75, 3.05) is 27.3 Å². The molecule has 0 unspecified atom stereocenters. The highest BCUT2D eigenvalue weighted by Gasteiger charge is 2.32. The minimum atomic E-state index is -3.52. The van der Waals surface area contributed by atoms with Crippen LogP contribution in [-0.4, -0.2) is 50.2 Å². The molecule has 170 valence electrons. The minimum Gasteiger partial charge on any atom is -0.493 e. The van der Waals surface area contributed by atoms with E-state index in [9.17, 15) is 8.42 Å². The van der Waals surface area contributed by atoms with E-state index in [0.29, 0.717) is 54.0 Å². The van der Waals surface area contributed by atoms with Crippen LogP contribution in [0.3, 0.4) is 0 Å². The smallest absolute Gasteiger partial charge is 0.243 e. The minimum absolute atomic E-state index is 0.0163. The Morgan fingerprint density at radius 3 is 2.34 bits per heavy atom. The van der Waals surface area contributed by atoms with E-state index in [1.807, 2.05) is 26.0 Å². The van der Waals surface area contributed by atoms with Crippen molar-refractivity contribution >= 4 is 10.0 Å². The van der Waals surface area contributed by atoms with Crippen LogP contribution in [0.25, 0.3) is 11.4 Å². The molecule has 3 aromatic rings. The molecule has 8 nitrogen and oxygen atoms in total. The molecule has 0 radical (unpaired) electrons. The van der Waals surface area contributed by atoms with E-state index in [2.05, 4.69) is 10.1 Å². The first-order chi connectivity index (χ1) is 15.3. The van der Waals surface area contributed by atoms with Gasteiger partial charge < -0.3 is 14.0 Å². The number of aromatic nitrogens is 2. The third-order valence-electron chi connectivity index (χ3n) is 6.00. The number of methoxy groups -OCH3 is 2. The molecule has 0 spiro atoms. The van der Waals surface area contributed by atoms with Gasteiger partial charge in [0.05, 0.1) is 19.1 Å². The molecule has 0 amide bonds. The van der Waals surface area contributed by atoms with Gasteiger partial charge in [-0.2, -0.15) is 9.29 Å². The fourth-order valence-corrected chi connectivity index (χ4v) is 5.42. The van der Waals surface area contributed by atoms with Crippen molar-refractivity contribution in [3.05, 3.63) is 53.4 Å². The van der Waals surface area contributed by atoms with E-state index in [1.54, 1.807) is 42.8 Å². The number of hydrogen-bond donors (Lipinski definition) is 0. The second kappa shape index (κ2) is 8.91. The summed E-state index contributed by atoms with van der Waals surface area (Å²) >= 11 is 0. The van der Waals surface area contributed by atoms with Gasteiger partial charge in [0.25, 0.3) is 0 Å². The molecule has 0 aliphatic carbocycles. The normalized spacial score (nSPS) is 15.6. The molecule has 1 fully saturated rings. The number of nitrogens with zero attached hydrogens (tertiary/aromatic N) is 3. The predicted molar refractivity (Wildman–Crippen MR) is 119 cm³/mol. The van der Waals surface area contributed by atoms with E-state index in [1.165, 1.54) is 0 Å². The summed E-state index contributed by atoms with van der Waals surface area (Å²) in [5.41, 5.74) is 2.80. The third kappa shape index (κ3) is 4.22. The van der Waals surface area contributed by atoms with E-state index >= 15 is 0 Å². The summed E-state index contributed by atoms with van der Waals surface area (Å²) in [6.45, 7) is 4.71. The largest absolute Gasteiger partial charge is 0.493 e. The molecule has 4 rings (SSSR count). The van der Waals surface area contributed by atoms with Crippen molar-refractivity contribution in [3.8, 4) is 22.9 Å². The number of rotatable bonds is 6. The lowest BCUT2D eigenvalue weighted by Gasteiger charge is -2.29. The number of hydrogen-bond acceptors (Lipinski definition) is 7.